The van der Waals surface area contributed by atoms with Crippen LogP contribution in [-0.2, 0) is 30.0 Å². The summed E-state index contributed by atoms with van der Waals surface area (Å²) < 4.78 is 38.1. The highest BCUT2D eigenvalue weighted by Crippen LogP contribution is 2.22. The monoisotopic (exact) mass is 404 g/mol. The second-order valence-corrected chi connectivity index (χ2v) is 9.18. The van der Waals surface area contributed by atoms with Crippen LogP contribution in [0.15, 0.2) is 48.6 Å². The first-order chi connectivity index (χ1) is 13.5. The van der Waals surface area contributed by atoms with Crippen LogP contribution in [0.1, 0.15) is 18.4 Å². The minimum atomic E-state index is -3.33. The van der Waals surface area contributed by atoms with Crippen LogP contribution in [0.4, 0.5) is 5.69 Å². The molecular formula is C20H24N2O5S. The van der Waals surface area contributed by atoms with Crippen molar-refractivity contribution in [1.29, 1.82) is 0 Å². The minimum absolute atomic E-state index is 0.0688. The lowest BCUT2D eigenvalue weighted by atomic mass is 10.1. The molecule has 1 aromatic carbocycles. The number of carbonyl (C=O) groups is 1. The molecule has 0 aromatic heterocycles. The van der Waals surface area contributed by atoms with Gasteiger partial charge in [0.25, 0.3) is 5.91 Å². The third-order valence-electron chi connectivity index (χ3n) is 5.09. The van der Waals surface area contributed by atoms with Crippen molar-refractivity contribution in [1.82, 2.24) is 4.31 Å². The lowest BCUT2D eigenvalue weighted by Gasteiger charge is -2.34. The number of nitrogens with one attached hydrogen (secondary N) is 1. The van der Waals surface area contributed by atoms with Gasteiger partial charge in [0.1, 0.15) is 12.2 Å². The highest BCUT2D eigenvalue weighted by Gasteiger charge is 2.34. The van der Waals surface area contributed by atoms with Crippen molar-refractivity contribution in [2.24, 2.45) is 0 Å². The number of hydrogen-bond acceptors (Lipinski definition) is 5. The van der Waals surface area contributed by atoms with Crippen LogP contribution >= 0.6 is 0 Å². The molecule has 3 atom stereocenters. The van der Waals surface area contributed by atoms with Crippen molar-refractivity contribution in [3.05, 3.63) is 54.1 Å². The number of fused-ring (bicyclic) bond motifs is 1. The predicted octanol–water partition coefficient (Wildman–Crippen LogP) is 1.83. The van der Waals surface area contributed by atoms with E-state index in [-0.39, 0.29) is 30.5 Å². The van der Waals surface area contributed by atoms with Crippen LogP contribution < -0.4 is 5.32 Å². The van der Waals surface area contributed by atoms with Crippen molar-refractivity contribution in [2.45, 2.75) is 36.9 Å². The zero-order valence-electron chi connectivity index (χ0n) is 15.5. The van der Waals surface area contributed by atoms with Gasteiger partial charge in [-0.25, -0.2) is 12.7 Å². The third kappa shape index (κ3) is 4.35. The molecule has 0 spiro atoms. The Labute approximate surface area is 165 Å². The maximum Gasteiger partial charge on any atom is 0.255 e. The molecule has 2 fully saturated rings. The maximum absolute atomic E-state index is 12.6. The number of sulfonamides is 1. The Morgan fingerprint density at radius 1 is 1.14 bits per heavy atom. The zero-order chi connectivity index (χ0) is 19.6. The van der Waals surface area contributed by atoms with E-state index in [1.165, 1.54) is 4.31 Å². The second kappa shape index (κ2) is 8.16. The quantitative estimate of drug-likeness (QED) is 0.809. The second-order valence-electron chi connectivity index (χ2n) is 7.21. The molecule has 1 aromatic rings. The van der Waals surface area contributed by atoms with Crippen LogP contribution in [0.25, 0.3) is 0 Å². The summed E-state index contributed by atoms with van der Waals surface area (Å²) in [6.45, 7) is 1.35. The van der Waals surface area contributed by atoms with Crippen LogP contribution in [0, 0.1) is 0 Å². The highest BCUT2D eigenvalue weighted by atomic mass is 32.2. The minimum Gasteiger partial charge on any atom is -0.368 e. The topological polar surface area (TPSA) is 84.9 Å². The largest absolute Gasteiger partial charge is 0.368 e. The SMILES string of the molecule is O=C(Nc1cccc(CS(=O)(=O)N2CCCC2)c1)C1COC2C=CC=CC2O1. The number of amides is 1. The molecule has 2 saturated heterocycles. The van der Waals surface area contributed by atoms with Crippen LogP contribution in [-0.4, -0.2) is 56.6 Å². The van der Waals surface area contributed by atoms with Crippen molar-refractivity contribution in [3.8, 4) is 0 Å². The van der Waals surface area contributed by atoms with Crippen LogP contribution in [0.3, 0.4) is 0 Å². The molecule has 1 aliphatic carbocycles. The van der Waals surface area contributed by atoms with E-state index in [1.54, 1.807) is 24.3 Å². The zero-order valence-corrected chi connectivity index (χ0v) is 16.3. The average molecular weight is 404 g/mol. The van der Waals surface area contributed by atoms with E-state index < -0.39 is 16.1 Å². The van der Waals surface area contributed by atoms with Gasteiger partial charge in [0.15, 0.2) is 6.10 Å². The van der Waals surface area contributed by atoms with E-state index in [1.807, 2.05) is 24.3 Å². The van der Waals surface area contributed by atoms with Crippen LogP contribution in [0.5, 0.6) is 0 Å². The van der Waals surface area contributed by atoms with Gasteiger partial charge in [0.05, 0.1) is 12.4 Å². The van der Waals surface area contributed by atoms with Crippen molar-refractivity contribution >= 4 is 21.6 Å². The fraction of sp³-hybridized carbons (Fsp3) is 0.450. The molecule has 0 bridgehead atoms. The third-order valence-corrected chi connectivity index (χ3v) is 6.94. The normalized spacial score (nSPS) is 27.5. The van der Waals surface area contributed by atoms with E-state index in [2.05, 4.69) is 5.32 Å². The fourth-order valence-electron chi connectivity index (χ4n) is 3.63. The Kier molecular flexibility index (Phi) is 5.63. The van der Waals surface area contributed by atoms with Gasteiger partial charge < -0.3 is 14.8 Å². The van der Waals surface area contributed by atoms with E-state index in [0.29, 0.717) is 24.3 Å². The Morgan fingerprint density at radius 2 is 1.89 bits per heavy atom. The molecule has 4 rings (SSSR count). The lowest BCUT2D eigenvalue weighted by molar-refractivity contribution is -0.164. The molecule has 0 saturated carbocycles. The molecule has 1 N–H and O–H groups in total. The summed E-state index contributed by atoms with van der Waals surface area (Å²) in [6, 6.07) is 6.93. The number of nitrogens with zero attached hydrogens (tertiary/aromatic N) is 1. The number of carbonyl (C=O) groups excluding carboxylic acids is 1. The van der Waals surface area contributed by atoms with E-state index >= 15 is 0 Å². The van der Waals surface area contributed by atoms with E-state index in [9.17, 15) is 13.2 Å². The number of anilines is 1. The van der Waals surface area contributed by atoms with Gasteiger partial charge in [-0.15, -0.1) is 0 Å². The summed E-state index contributed by atoms with van der Waals surface area (Å²) in [4.78, 5) is 12.6. The van der Waals surface area contributed by atoms with Crippen LogP contribution in [0.2, 0.25) is 0 Å². The first-order valence-electron chi connectivity index (χ1n) is 9.51. The first kappa shape index (κ1) is 19.3. The molecule has 0 radical (unpaired) electrons. The standard InChI is InChI=1S/C20H24N2O5S/c23-20(19-13-26-17-8-1-2-9-18(17)27-19)21-16-7-5-6-15(12-16)14-28(24,25)22-10-3-4-11-22/h1-2,5-9,12,17-19H,3-4,10-11,13-14H2,(H,21,23). The summed E-state index contributed by atoms with van der Waals surface area (Å²) in [7, 11) is -3.33. The average Bonchev–Trinajstić information content (AvgIpc) is 3.23. The number of ether oxygens (including phenoxy) is 2. The summed E-state index contributed by atoms with van der Waals surface area (Å²) in [6.07, 6.45) is 8.21. The predicted molar refractivity (Wildman–Crippen MR) is 105 cm³/mol. The Balaban J connectivity index is 1.38. The molecule has 150 valence electrons. The molecule has 2 aliphatic heterocycles. The Hall–Kier alpha value is -2.00. The van der Waals surface area contributed by atoms with Crippen molar-refractivity contribution < 1.29 is 22.7 Å². The molecule has 1 amide bonds. The molecule has 7 nitrogen and oxygen atoms in total. The first-order valence-corrected chi connectivity index (χ1v) is 11.1. The van der Waals surface area contributed by atoms with Gasteiger partial charge in [-0.3, -0.25) is 4.79 Å². The molecule has 8 heteroatoms. The smallest absolute Gasteiger partial charge is 0.255 e. The summed E-state index contributed by atoms with van der Waals surface area (Å²) in [5.74, 6) is -0.373. The summed E-state index contributed by atoms with van der Waals surface area (Å²) in [5, 5.41) is 2.81. The van der Waals surface area contributed by atoms with Gasteiger partial charge in [0, 0.05) is 18.8 Å². The molecular weight excluding hydrogens is 380 g/mol. The van der Waals surface area contributed by atoms with E-state index in [0.717, 1.165) is 12.8 Å². The summed E-state index contributed by atoms with van der Waals surface area (Å²) >= 11 is 0. The number of allylic oxidation sites excluding steroid dienone is 2. The van der Waals surface area contributed by atoms with Gasteiger partial charge >= 0.3 is 0 Å². The fourth-order valence-corrected chi connectivity index (χ4v) is 5.23. The van der Waals surface area contributed by atoms with Gasteiger partial charge in [-0.2, -0.15) is 0 Å². The summed E-state index contributed by atoms with van der Waals surface area (Å²) in [5.41, 5.74) is 1.19. The Bertz CT molecular complexity index is 890. The Morgan fingerprint density at radius 3 is 2.68 bits per heavy atom. The van der Waals surface area contributed by atoms with Crippen molar-refractivity contribution in [2.75, 3.05) is 25.0 Å². The van der Waals surface area contributed by atoms with Crippen molar-refractivity contribution in [3.63, 3.8) is 0 Å². The molecule has 3 unspecified atom stereocenters. The van der Waals surface area contributed by atoms with Gasteiger partial charge in [-0.1, -0.05) is 36.4 Å². The maximum atomic E-state index is 12.6. The van der Waals surface area contributed by atoms with Gasteiger partial charge in [0.2, 0.25) is 10.0 Å². The van der Waals surface area contributed by atoms with E-state index in [4.69, 9.17) is 9.47 Å². The number of benzene rings is 1. The molecule has 2 heterocycles. The lowest BCUT2D eigenvalue weighted by Crippen LogP contribution is -2.47. The molecule has 3 aliphatic rings. The highest BCUT2D eigenvalue weighted by molar-refractivity contribution is 7.88. The van der Waals surface area contributed by atoms with Gasteiger partial charge in [-0.05, 0) is 30.5 Å². The number of rotatable bonds is 5. The molecule has 28 heavy (non-hydrogen) atoms. The number of hydrogen-bond donors (Lipinski definition) is 1.